The number of ether oxygens (including phenoxy) is 3. The second-order valence-corrected chi connectivity index (χ2v) is 7.23. The van der Waals surface area contributed by atoms with Gasteiger partial charge >= 0.3 is 0 Å². The normalized spacial score (nSPS) is 10.8. The van der Waals surface area contributed by atoms with E-state index >= 15 is 0 Å². The lowest BCUT2D eigenvalue weighted by atomic mass is 10.1. The molecule has 0 saturated carbocycles. The Bertz CT molecular complexity index is 1070. The Morgan fingerprint density at radius 3 is 2.47 bits per heavy atom. The van der Waals surface area contributed by atoms with Gasteiger partial charge in [-0.3, -0.25) is 4.79 Å². The molecule has 6 heteroatoms. The molecule has 0 aliphatic heterocycles. The molecular formula is C24H21BrO5. The lowest BCUT2D eigenvalue weighted by Gasteiger charge is -2.12. The van der Waals surface area contributed by atoms with Crippen molar-refractivity contribution in [3.8, 4) is 23.0 Å². The number of halogens is 1. The minimum Gasteiger partial charge on any atom is -0.504 e. The van der Waals surface area contributed by atoms with Crippen LogP contribution in [0.4, 0.5) is 0 Å². The molecule has 0 spiro atoms. The van der Waals surface area contributed by atoms with Gasteiger partial charge in [-0.05, 0) is 70.0 Å². The van der Waals surface area contributed by atoms with Gasteiger partial charge in [-0.25, -0.2) is 0 Å². The van der Waals surface area contributed by atoms with Crippen molar-refractivity contribution in [2.75, 3.05) is 14.2 Å². The van der Waals surface area contributed by atoms with Crippen molar-refractivity contribution in [1.82, 2.24) is 0 Å². The summed E-state index contributed by atoms with van der Waals surface area (Å²) >= 11 is 3.47. The molecule has 0 aliphatic rings. The predicted octanol–water partition coefficient (Wildman–Crippen LogP) is 5.65. The van der Waals surface area contributed by atoms with Gasteiger partial charge in [0, 0.05) is 11.1 Å². The van der Waals surface area contributed by atoms with Crippen molar-refractivity contribution in [2.24, 2.45) is 0 Å². The molecular weight excluding hydrogens is 448 g/mol. The highest BCUT2D eigenvalue weighted by Gasteiger charge is 2.09. The molecule has 0 radical (unpaired) electrons. The lowest BCUT2D eigenvalue weighted by Crippen LogP contribution is -2.00. The number of rotatable bonds is 8. The first-order chi connectivity index (χ1) is 14.5. The van der Waals surface area contributed by atoms with Gasteiger partial charge in [0.2, 0.25) is 0 Å². The number of carbonyl (C=O) groups is 1. The molecule has 0 aliphatic carbocycles. The van der Waals surface area contributed by atoms with E-state index in [-0.39, 0.29) is 17.3 Å². The fraction of sp³-hybridized carbons (Fsp3) is 0.125. The summed E-state index contributed by atoms with van der Waals surface area (Å²) < 4.78 is 17.3. The summed E-state index contributed by atoms with van der Waals surface area (Å²) in [4.78, 5) is 12.5. The summed E-state index contributed by atoms with van der Waals surface area (Å²) in [5.41, 5.74) is 2.11. The van der Waals surface area contributed by atoms with Crippen LogP contribution in [0.2, 0.25) is 0 Å². The third-order valence-electron chi connectivity index (χ3n) is 4.42. The van der Waals surface area contributed by atoms with E-state index in [9.17, 15) is 9.90 Å². The highest BCUT2D eigenvalue weighted by atomic mass is 79.9. The number of phenols is 1. The van der Waals surface area contributed by atoms with Crippen LogP contribution < -0.4 is 14.2 Å². The van der Waals surface area contributed by atoms with Crippen LogP contribution in [0.25, 0.3) is 6.08 Å². The van der Waals surface area contributed by atoms with Gasteiger partial charge in [0.1, 0.15) is 18.1 Å². The maximum absolute atomic E-state index is 12.5. The first kappa shape index (κ1) is 21.5. The molecule has 1 N–H and O–H groups in total. The topological polar surface area (TPSA) is 65.0 Å². The lowest BCUT2D eigenvalue weighted by molar-refractivity contribution is 0.104. The molecule has 0 atom stereocenters. The first-order valence-electron chi connectivity index (χ1n) is 9.15. The zero-order chi connectivity index (χ0) is 21.5. The number of methoxy groups -OCH3 is 2. The van der Waals surface area contributed by atoms with Gasteiger partial charge in [-0.1, -0.05) is 24.3 Å². The molecule has 154 valence electrons. The van der Waals surface area contributed by atoms with Crippen molar-refractivity contribution >= 4 is 27.8 Å². The van der Waals surface area contributed by atoms with Gasteiger partial charge in [0.15, 0.2) is 17.3 Å². The van der Waals surface area contributed by atoms with Crippen molar-refractivity contribution in [2.45, 2.75) is 6.61 Å². The highest BCUT2D eigenvalue weighted by molar-refractivity contribution is 9.10. The third kappa shape index (κ3) is 5.21. The molecule has 0 heterocycles. The minimum absolute atomic E-state index is 0.0112. The Morgan fingerprint density at radius 1 is 0.967 bits per heavy atom. The van der Waals surface area contributed by atoms with E-state index < -0.39 is 0 Å². The third-order valence-corrected chi connectivity index (χ3v) is 5.07. The van der Waals surface area contributed by atoms with Crippen molar-refractivity contribution < 1.29 is 24.1 Å². The Morgan fingerprint density at radius 2 is 1.73 bits per heavy atom. The van der Waals surface area contributed by atoms with E-state index in [1.165, 1.54) is 25.3 Å². The number of hydrogen-bond acceptors (Lipinski definition) is 5. The maximum atomic E-state index is 12.5. The van der Waals surface area contributed by atoms with E-state index in [1.807, 2.05) is 42.5 Å². The number of para-hydroxylation sites is 1. The SMILES string of the molecule is COc1cc(C(=O)/C=C/c2ccc(OC)c(COc3ccccc3Br)c2)ccc1O. The summed E-state index contributed by atoms with van der Waals surface area (Å²) in [7, 11) is 3.04. The smallest absolute Gasteiger partial charge is 0.185 e. The molecule has 0 saturated heterocycles. The number of allylic oxidation sites excluding steroid dienone is 1. The van der Waals surface area contributed by atoms with Crippen LogP contribution in [0, 0.1) is 0 Å². The maximum Gasteiger partial charge on any atom is 0.185 e. The van der Waals surface area contributed by atoms with Gasteiger partial charge in [-0.15, -0.1) is 0 Å². The van der Waals surface area contributed by atoms with Gasteiger partial charge in [0.05, 0.1) is 18.7 Å². The van der Waals surface area contributed by atoms with Gasteiger partial charge in [-0.2, -0.15) is 0 Å². The zero-order valence-corrected chi connectivity index (χ0v) is 18.2. The Kier molecular flexibility index (Phi) is 7.14. The molecule has 0 bridgehead atoms. The minimum atomic E-state index is -0.199. The predicted molar refractivity (Wildman–Crippen MR) is 119 cm³/mol. The van der Waals surface area contributed by atoms with Crippen molar-refractivity contribution in [1.29, 1.82) is 0 Å². The summed E-state index contributed by atoms with van der Waals surface area (Å²) in [6.45, 7) is 0.316. The number of phenolic OH excluding ortho intramolecular Hbond substituents is 1. The number of aromatic hydroxyl groups is 1. The summed E-state index contributed by atoms with van der Waals surface area (Å²) in [6.07, 6.45) is 3.20. The monoisotopic (exact) mass is 468 g/mol. The van der Waals surface area contributed by atoms with Crippen LogP contribution in [0.1, 0.15) is 21.5 Å². The van der Waals surface area contributed by atoms with Crippen LogP contribution in [0.15, 0.2) is 71.2 Å². The molecule has 0 aromatic heterocycles. The summed E-state index contributed by atoms with van der Waals surface area (Å²) in [5.74, 6) is 1.48. The Balaban J connectivity index is 1.77. The quantitative estimate of drug-likeness (QED) is 0.341. The second kappa shape index (κ2) is 9.98. The van der Waals surface area contributed by atoms with Gasteiger partial charge < -0.3 is 19.3 Å². The van der Waals surface area contributed by atoms with E-state index in [4.69, 9.17) is 14.2 Å². The molecule has 3 aromatic rings. The number of ketones is 1. The molecule has 0 fully saturated rings. The Hall–Kier alpha value is -3.25. The number of hydrogen-bond donors (Lipinski definition) is 1. The molecule has 0 unspecified atom stereocenters. The van der Waals surface area contributed by atoms with E-state index in [1.54, 1.807) is 19.3 Å². The van der Waals surface area contributed by atoms with Gasteiger partial charge in [0.25, 0.3) is 0 Å². The fourth-order valence-electron chi connectivity index (χ4n) is 2.83. The van der Waals surface area contributed by atoms with Crippen LogP contribution >= 0.6 is 15.9 Å². The average Bonchev–Trinajstić information content (AvgIpc) is 2.77. The summed E-state index contributed by atoms with van der Waals surface area (Å²) in [6, 6.07) is 17.7. The van der Waals surface area contributed by atoms with Crippen molar-refractivity contribution in [3.05, 3.63) is 87.9 Å². The largest absolute Gasteiger partial charge is 0.504 e. The van der Waals surface area contributed by atoms with E-state index in [2.05, 4.69) is 15.9 Å². The van der Waals surface area contributed by atoms with Crippen LogP contribution in [-0.2, 0) is 6.61 Å². The fourth-order valence-corrected chi connectivity index (χ4v) is 3.23. The summed E-state index contributed by atoms with van der Waals surface area (Å²) in [5, 5.41) is 9.67. The van der Waals surface area contributed by atoms with Crippen LogP contribution in [-0.4, -0.2) is 25.1 Å². The average molecular weight is 469 g/mol. The Labute approximate surface area is 183 Å². The second-order valence-electron chi connectivity index (χ2n) is 6.37. The first-order valence-corrected chi connectivity index (χ1v) is 9.94. The van der Waals surface area contributed by atoms with E-state index in [0.29, 0.717) is 17.9 Å². The number of carbonyl (C=O) groups excluding carboxylic acids is 1. The highest BCUT2D eigenvalue weighted by Crippen LogP contribution is 2.28. The zero-order valence-electron chi connectivity index (χ0n) is 16.6. The standard InChI is InChI=1S/C24H21BrO5/c1-28-22-12-8-16(13-18(22)15-30-23-6-4-3-5-19(23)25)7-10-20(26)17-9-11-21(27)24(14-17)29-2/h3-14,27H,15H2,1-2H3/b10-7+. The van der Waals surface area contributed by atoms with E-state index in [0.717, 1.165) is 21.3 Å². The molecule has 30 heavy (non-hydrogen) atoms. The molecule has 3 aromatic carbocycles. The van der Waals surface area contributed by atoms with Crippen LogP contribution in [0.3, 0.4) is 0 Å². The molecule has 0 amide bonds. The molecule has 5 nitrogen and oxygen atoms in total. The van der Waals surface area contributed by atoms with Crippen LogP contribution in [0.5, 0.6) is 23.0 Å². The number of benzene rings is 3. The van der Waals surface area contributed by atoms with Crippen molar-refractivity contribution in [3.63, 3.8) is 0 Å². The molecule has 3 rings (SSSR count).